The van der Waals surface area contributed by atoms with Gasteiger partial charge in [-0.2, -0.15) is 0 Å². The van der Waals surface area contributed by atoms with Gasteiger partial charge in [-0.3, -0.25) is 9.78 Å². The van der Waals surface area contributed by atoms with Crippen LogP contribution in [0.1, 0.15) is 44.8 Å². The number of rotatable bonds is 4. The maximum Gasteiger partial charge on any atom is 0.335 e. The van der Waals surface area contributed by atoms with E-state index >= 15 is 0 Å². The lowest BCUT2D eigenvalue weighted by molar-refractivity contribution is 0.0690. The van der Waals surface area contributed by atoms with Crippen molar-refractivity contribution < 1.29 is 14.7 Å². The van der Waals surface area contributed by atoms with Crippen LogP contribution < -0.4 is 0 Å². The van der Waals surface area contributed by atoms with Crippen LogP contribution in [0.4, 0.5) is 0 Å². The van der Waals surface area contributed by atoms with Crippen molar-refractivity contribution in [1.82, 2.24) is 9.88 Å². The van der Waals surface area contributed by atoms with Gasteiger partial charge in [0.2, 0.25) is 0 Å². The Bertz CT molecular complexity index is 763. The molecule has 0 atom stereocenters. The van der Waals surface area contributed by atoms with E-state index in [0.717, 1.165) is 30.5 Å². The molecule has 1 aliphatic heterocycles. The third-order valence-electron chi connectivity index (χ3n) is 4.82. The second-order valence-electron chi connectivity index (χ2n) is 6.59. The van der Waals surface area contributed by atoms with Crippen molar-refractivity contribution in [2.75, 3.05) is 13.1 Å². The minimum absolute atomic E-state index is 0.0249. The zero-order valence-corrected chi connectivity index (χ0v) is 14.3. The van der Waals surface area contributed by atoms with E-state index < -0.39 is 5.97 Å². The molecule has 2 heterocycles. The number of amides is 1. The number of carbonyl (C=O) groups excluding carboxylic acids is 1. The summed E-state index contributed by atoms with van der Waals surface area (Å²) in [5, 5.41) is 9.30. The molecular formula is C20H22N2O3. The standard InChI is InChI=1S/C20H22N2O3/c1-14-6-7-17(13-21-14)19(23)22-10-8-15(9-11-22)12-16-4-2-3-5-18(16)20(24)25/h2-7,13,15H,8-12H2,1H3,(H,24,25). The van der Waals surface area contributed by atoms with Gasteiger partial charge >= 0.3 is 5.97 Å². The first-order valence-electron chi connectivity index (χ1n) is 8.57. The summed E-state index contributed by atoms with van der Waals surface area (Å²) in [6.45, 7) is 3.30. The Morgan fingerprint density at radius 1 is 1.16 bits per heavy atom. The normalized spacial score (nSPS) is 15.2. The average Bonchev–Trinajstić information content (AvgIpc) is 2.63. The van der Waals surface area contributed by atoms with Crippen molar-refractivity contribution in [2.24, 2.45) is 5.92 Å². The molecule has 1 saturated heterocycles. The van der Waals surface area contributed by atoms with E-state index in [4.69, 9.17) is 0 Å². The Morgan fingerprint density at radius 3 is 2.52 bits per heavy atom. The van der Waals surface area contributed by atoms with Crippen molar-refractivity contribution in [3.63, 3.8) is 0 Å². The Kier molecular flexibility index (Phi) is 5.12. The van der Waals surface area contributed by atoms with Crippen molar-refractivity contribution in [2.45, 2.75) is 26.2 Å². The van der Waals surface area contributed by atoms with Gasteiger partial charge in [-0.1, -0.05) is 18.2 Å². The number of carboxylic acid groups (broad SMARTS) is 1. The van der Waals surface area contributed by atoms with Gasteiger partial charge in [-0.05, 0) is 55.9 Å². The summed E-state index contributed by atoms with van der Waals surface area (Å²) < 4.78 is 0. The van der Waals surface area contributed by atoms with E-state index in [1.165, 1.54) is 0 Å². The van der Waals surface area contributed by atoms with Crippen molar-refractivity contribution in [1.29, 1.82) is 0 Å². The monoisotopic (exact) mass is 338 g/mol. The second kappa shape index (κ2) is 7.47. The van der Waals surface area contributed by atoms with Gasteiger partial charge in [-0.25, -0.2) is 4.79 Å². The first-order valence-corrected chi connectivity index (χ1v) is 8.57. The van der Waals surface area contributed by atoms with Gasteiger partial charge in [0.1, 0.15) is 0 Å². The highest BCUT2D eigenvalue weighted by atomic mass is 16.4. The highest BCUT2D eigenvalue weighted by molar-refractivity contribution is 5.94. The van der Waals surface area contributed by atoms with Crippen molar-refractivity contribution in [3.8, 4) is 0 Å². The molecule has 1 aromatic carbocycles. The molecule has 3 rings (SSSR count). The minimum Gasteiger partial charge on any atom is -0.478 e. The van der Waals surface area contributed by atoms with E-state index in [1.54, 1.807) is 18.3 Å². The molecule has 0 aliphatic carbocycles. The number of carboxylic acids is 1. The summed E-state index contributed by atoms with van der Waals surface area (Å²) in [6.07, 6.45) is 4.15. The van der Waals surface area contributed by atoms with Crippen LogP contribution in [0.5, 0.6) is 0 Å². The van der Waals surface area contributed by atoms with Crippen LogP contribution in [-0.2, 0) is 6.42 Å². The molecule has 0 saturated carbocycles. The molecule has 1 aromatic heterocycles. The molecule has 1 fully saturated rings. The fourth-order valence-corrected chi connectivity index (χ4v) is 3.34. The summed E-state index contributed by atoms with van der Waals surface area (Å²) in [4.78, 5) is 29.9. The summed E-state index contributed by atoms with van der Waals surface area (Å²) >= 11 is 0. The molecule has 130 valence electrons. The lowest BCUT2D eigenvalue weighted by atomic mass is 9.88. The predicted molar refractivity (Wildman–Crippen MR) is 94.7 cm³/mol. The van der Waals surface area contributed by atoms with Crippen LogP contribution in [0.15, 0.2) is 42.6 Å². The van der Waals surface area contributed by atoms with Gasteiger partial charge in [0, 0.05) is 25.0 Å². The molecule has 1 amide bonds. The number of hydrogen-bond acceptors (Lipinski definition) is 3. The number of pyridine rings is 1. The third kappa shape index (κ3) is 4.05. The minimum atomic E-state index is -0.880. The highest BCUT2D eigenvalue weighted by Gasteiger charge is 2.25. The van der Waals surface area contributed by atoms with Crippen LogP contribution in [0.2, 0.25) is 0 Å². The summed E-state index contributed by atoms with van der Waals surface area (Å²) in [5.74, 6) is -0.451. The van der Waals surface area contributed by atoms with Crippen LogP contribution >= 0.6 is 0 Å². The number of likely N-dealkylation sites (tertiary alicyclic amines) is 1. The molecular weight excluding hydrogens is 316 g/mol. The summed E-state index contributed by atoms with van der Waals surface area (Å²) in [6, 6.07) is 10.8. The number of nitrogens with zero attached hydrogens (tertiary/aromatic N) is 2. The number of aromatic carboxylic acids is 1. The molecule has 0 bridgehead atoms. The molecule has 0 radical (unpaired) electrons. The lowest BCUT2D eigenvalue weighted by Gasteiger charge is -2.32. The Morgan fingerprint density at radius 2 is 1.88 bits per heavy atom. The fourth-order valence-electron chi connectivity index (χ4n) is 3.34. The summed E-state index contributed by atoms with van der Waals surface area (Å²) in [7, 11) is 0. The Labute approximate surface area is 147 Å². The molecule has 0 unspecified atom stereocenters. The van der Waals surface area contributed by atoms with Crippen LogP contribution in [0, 0.1) is 12.8 Å². The van der Waals surface area contributed by atoms with Crippen LogP contribution in [0.25, 0.3) is 0 Å². The molecule has 1 N–H and O–H groups in total. The fraction of sp³-hybridized carbons (Fsp3) is 0.350. The van der Waals surface area contributed by atoms with E-state index in [0.29, 0.717) is 30.1 Å². The van der Waals surface area contributed by atoms with Crippen molar-refractivity contribution in [3.05, 3.63) is 65.0 Å². The Hall–Kier alpha value is -2.69. The van der Waals surface area contributed by atoms with Crippen molar-refractivity contribution >= 4 is 11.9 Å². The van der Waals surface area contributed by atoms with Gasteiger partial charge in [0.05, 0.1) is 11.1 Å². The number of hydrogen-bond donors (Lipinski definition) is 1. The molecule has 5 nitrogen and oxygen atoms in total. The van der Waals surface area contributed by atoms with E-state index in [-0.39, 0.29) is 5.91 Å². The van der Waals surface area contributed by atoms with Crippen LogP contribution in [0.3, 0.4) is 0 Å². The maximum absolute atomic E-state index is 12.5. The number of piperidine rings is 1. The van der Waals surface area contributed by atoms with Gasteiger partial charge in [0.25, 0.3) is 5.91 Å². The van der Waals surface area contributed by atoms with Gasteiger partial charge < -0.3 is 10.0 Å². The lowest BCUT2D eigenvalue weighted by Crippen LogP contribution is -2.39. The molecule has 5 heteroatoms. The first kappa shape index (κ1) is 17.1. The maximum atomic E-state index is 12.5. The Balaban J connectivity index is 1.60. The second-order valence-corrected chi connectivity index (χ2v) is 6.59. The molecule has 25 heavy (non-hydrogen) atoms. The smallest absolute Gasteiger partial charge is 0.335 e. The first-order chi connectivity index (χ1) is 12.0. The highest BCUT2D eigenvalue weighted by Crippen LogP contribution is 2.24. The van der Waals surface area contributed by atoms with E-state index in [9.17, 15) is 14.7 Å². The third-order valence-corrected chi connectivity index (χ3v) is 4.82. The van der Waals surface area contributed by atoms with E-state index in [2.05, 4.69) is 4.98 Å². The van der Waals surface area contributed by atoms with Crippen LogP contribution in [-0.4, -0.2) is 40.0 Å². The zero-order valence-electron chi connectivity index (χ0n) is 14.3. The largest absolute Gasteiger partial charge is 0.478 e. The quantitative estimate of drug-likeness (QED) is 0.929. The SMILES string of the molecule is Cc1ccc(C(=O)N2CCC(Cc3ccccc3C(=O)O)CC2)cn1. The number of carbonyl (C=O) groups is 2. The van der Waals surface area contributed by atoms with E-state index in [1.807, 2.05) is 36.1 Å². The molecule has 0 spiro atoms. The topological polar surface area (TPSA) is 70.5 Å². The molecule has 1 aliphatic rings. The van der Waals surface area contributed by atoms with Gasteiger partial charge in [-0.15, -0.1) is 0 Å². The predicted octanol–water partition coefficient (Wildman–Crippen LogP) is 3.18. The van der Waals surface area contributed by atoms with Gasteiger partial charge in [0.15, 0.2) is 0 Å². The average molecular weight is 338 g/mol. The number of aryl methyl sites for hydroxylation is 1. The number of benzene rings is 1. The number of aromatic nitrogens is 1. The summed E-state index contributed by atoms with van der Waals surface area (Å²) in [5.41, 5.74) is 2.78. The zero-order chi connectivity index (χ0) is 17.8. The molecule has 2 aromatic rings.